The van der Waals surface area contributed by atoms with Crippen LogP contribution in [0.3, 0.4) is 0 Å². The zero-order chi connectivity index (χ0) is 15.4. The molecule has 1 saturated heterocycles. The summed E-state index contributed by atoms with van der Waals surface area (Å²) in [5.41, 5.74) is 7.95. The minimum Gasteiger partial charge on any atom is -0.384 e. The highest BCUT2D eigenvalue weighted by Gasteiger charge is 2.17. The molecule has 22 heavy (non-hydrogen) atoms. The van der Waals surface area contributed by atoms with Crippen LogP contribution in [0.15, 0.2) is 30.6 Å². The van der Waals surface area contributed by atoms with Crippen molar-refractivity contribution in [3.8, 4) is 0 Å². The predicted octanol–water partition coefficient (Wildman–Crippen LogP) is 1.86. The van der Waals surface area contributed by atoms with Gasteiger partial charge >= 0.3 is 0 Å². The largest absolute Gasteiger partial charge is 0.384 e. The Morgan fingerprint density at radius 3 is 2.91 bits per heavy atom. The maximum Gasteiger partial charge on any atom is 0.123 e. The van der Waals surface area contributed by atoms with Crippen LogP contribution in [0.4, 0.5) is 11.5 Å². The second-order valence-electron chi connectivity index (χ2n) is 5.97. The van der Waals surface area contributed by atoms with Gasteiger partial charge in [-0.1, -0.05) is 0 Å². The fourth-order valence-corrected chi connectivity index (χ4v) is 2.97. The maximum atomic E-state index is 5.63. The normalized spacial score (nSPS) is 19.8. The number of nitrogens with zero attached hydrogens (tertiary/aromatic N) is 4. The first-order chi connectivity index (χ1) is 10.7. The number of likely N-dealkylation sites (tertiary alicyclic amines) is 1. The highest BCUT2D eigenvalue weighted by Crippen LogP contribution is 2.18. The molecule has 3 heterocycles. The number of aryl methyl sites for hydroxylation is 1. The third-order valence-corrected chi connectivity index (χ3v) is 4.29. The van der Waals surface area contributed by atoms with Crippen LogP contribution in [0, 0.1) is 0 Å². The summed E-state index contributed by atoms with van der Waals surface area (Å²) in [4.78, 5) is 6.65. The lowest BCUT2D eigenvalue weighted by atomic mass is 10.1. The van der Waals surface area contributed by atoms with Crippen molar-refractivity contribution < 1.29 is 0 Å². The van der Waals surface area contributed by atoms with E-state index in [1.165, 1.54) is 18.5 Å². The van der Waals surface area contributed by atoms with Crippen LogP contribution >= 0.6 is 0 Å². The molecule has 0 radical (unpaired) electrons. The number of rotatable bonds is 4. The molecule has 0 bridgehead atoms. The Hall–Kier alpha value is -2.08. The average molecular weight is 300 g/mol. The smallest absolute Gasteiger partial charge is 0.123 e. The van der Waals surface area contributed by atoms with Crippen LogP contribution in [0.25, 0.3) is 0 Å². The monoisotopic (exact) mass is 300 g/mol. The second kappa shape index (κ2) is 6.79. The minimum absolute atomic E-state index is 0.502. The molecule has 6 nitrogen and oxygen atoms in total. The zero-order valence-electron chi connectivity index (χ0n) is 13.1. The van der Waals surface area contributed by atoms with E-state index in [4.69, 9.17) is 5.73 Å². The van der Waals surface area contributed by atoms with Crippen LogP contribution < -0.4 is 11.1 Å². The lowest BCUT2D eigenvalue weighted by Crippen LogP contribution is -2.27. The summed E-state index contributed by atoms with van der Waals surface area (Å²) in [6, 6.07) is 6.44. The van der Waals surface area contributed by atoms with E-state index in [0.29, 0.717) is 11.9 Å². The van der Waals surface area contributed by atoms with E-state index in [-0.39, 0.29) is 0 Å². The highest BCUT2D eigenvalue weighted by atomic mass is 15.3. The Balaban J connectivity index is 1.53. The van der Waals surface area contributed by atoms with Crippen molar-refractivity contribution in [1.29, 1.82) is 0 Å². The summed E-state index contributed by atoms with van der Waals surface area (Å²) in [5, 5.41) is 7.82. The van der Waals surface area contributed by atoms with E-state index in [1.807, 2.05) is 36.3 Å². The molecule has 3 rings (SSSR count). The molecule has 3 N–H and O–H groups in total. The Bertz CT molecular complexity index is 591. The number of aromatic nitrogens is 3. The molecule has 0 spiro atoms. The predicted molar refractivity (Wildman–Crippen MR) is 88.4 cm³/mol. The van der Waals surface area contributed by atoms with Gasteiger partial charge in [0.1, 0.15) is 5.82 Å². The molecule has 118 valence electrons. The van der Waals surface area contributed by atoms with Gasteiger partial charge in [-0.15, -0.1) is 0 Å². The Morgan fingerprint density at radius 1 is 1.27 bits per heavy atom. The number of nitrogens with one attached hydrogen (secondary N) is 1. The van der Waals surface area contributed by atoms with Crippen molar-refractivity contribution in [3.63, 3.8) is 0 Å². The van der Waals surface area contributed by atoms with Crippen molar-refractivity contribution in [2.75, 3.05) is 24.1 Å². The van der Waals surface area contributed by atoms with Gasteiger partial charge in [-0.3, -0.25) is 9.58 Å². The number of anilines is 2. The van der Waals surface area contributed by atoms with Gasteiger partial charge < -0.3 is 11.1 Å². The highest BCUT2D eigenvalue weighted by molar-refractivity contribution is 5.45. The lowest BCUT2D eigenvalue weighted by Gasteiger charge is -2.20. The first kappa shape index (κ1) is 14.8. The molecule has 1 aliphatic rings. The second-order valence-corrected chi connectivity index (χ2v) is 5.97. The quantitative estimate of drug-likeness (QED) is 0.902. The molecule has 2 aromatic rings. The lowest BCUT2D eigenvalue weighted by molar-refractivity contribution is 0.269. The van der Waals surface area contributed by atoms with Gasteiger partial charge in [0.05, 0.1) is 17.6 Å². The Morgan fingerprint density at radius 2 is 2.18 bits per heavy atom. The topological polar surface area (TPSA) is 72.0 Å². The fourth-order valence-electron chi connectivity index (χ4n) is 2.97. The third kappa shape index (κ3) is 3.76. The van der Waals surface area contributed by atoms with Crippen LogP contribution in [-0.2, 0) is 13.6 Å². The van der Waals surface area contributed by atoms with Gasteiger partial charge in [0, 0.05) is 32.4 Å². The number of nitrogens with two attached hydrogens (primary N) is 1. The van der Waals surface area contributed by atoms with Crippen LogP contribution in [0.2, 0.25) is 0 Å². The van der Waals surface area contributed by atoms with Gasteiger partial charge in [0.25, 0.3) is 0 Å². The summed E-state index contributed by atoms with van der Waals surface area (Å²) in [6.07, 6.45) is 7.21. The fraction of sp³-hybridized carbons (Fsp3) is 0.500. The summed E-state index contributed by atoms with van der Waals surface area (Å²) in [5.74, 6) is 0.564. The molecule has 1 atom stereocenters. The summed E-state index contributed by atoms with van der Waals surface area (Å²) in [6.45, 7) is 3.22. The molecule has 0 unspecified atom stereocenters. The van der Waals surface area contributed by atoms with E-state index >= 15 is 0 Å². The first-order valence-corrected chi connectivity index (χ1v) is 7.88. The molecule has 0 aromatic carbocycles. The van der Waals surface area contributed by atoms with Crippen molar-refractivity contribution in [1.82, 2.24) is 19.7 Å². The van der Waals surface area contributed by atoms with Gasteiger partial charge in [-0.2, -0.15) is 5.10 Å². The van der Waals surface area contributed by atoms with E-state index in [0.717, 1.165) is 31.7 Å². The number of hydrogen-bond donors (Lipinski definition) is 2. The summed E-state index contributed by atoms with van der Waals surface area (Å²) >= 11 is 0. The van der Waals surface area contributed by atoms with E-state index in [2.05, 4.69) is 26.4 Å². The third-order valence-electron chi connectivity index (χ3n) is 4.29. The van der Waals surface area contributed by atoms with Crippen molar-refractivity contribution in [2.24, 2.45) is 7.05 Å². The number of pyridine rings is 1. The van der Waals surface area contributed by atoms with E-state index in [9.17, 15) is 0 Å². The Kier molecular flexibility index (Phi) is 4.58. The van der Waals surface area contributed by atoms with Gasteiger partial charge in [0.15, 0.2) is 0 Å². The van der Waals surface area contributed by atoms with Crippen LogP contribution in [-0.4, -0.2) is 38.8 Å². The first-order valence-electron chi connectivity index (χ1n) is 7.88. The van der Waals surface area contributed by atoms with Gasteiger partial charge in [-0.05, 0) is 44.0 Å². The van der Waals surface area contributed by atoms with Crippen LogP contribution in [0.5, 0.6) is 0 Å². The molecule has 6 heteroatoms. The molecule has 0 saturated carbocycles. The zero-order valence-corrected chi connectivity index (χ0v) is 13.1. The Labute approximate surface area is 131 Å². The summed E-state index contributed by atoms with van der Waals surface area (Å²) in [7, 11) is 2.01. The molecule has 0 amide bonds. The number of hydrogen-bond acceptors (Lipinski definition) is 5. The minimum atomic E-state index is 0.502. The van der Waals surface area contributed by atoms with E-state index < -0.39 is 0 Å². The number of nitrogen functional groups attached to an aromatic ring is 1. The molecule has 2 aromatic heterocycles. The summed E-state index contributed by atoms with van der Waals surface area (Å²) < 4.78 is 1.96. The van der Waals surface area contributed by atoms with Gasteiger partial charge in [-0.25, -0.2) is 4.98 Å². The van der Waals surface area contributed by atoms with E-state index in [1.54, 1.807) is 0 Å². The van der Waals surface area contributed by atoms with Crippen molar-refractivity contribution in [2.45, 2.75) is 31.8 Å². The van der Waals surface area contributed by atoms with Crippen LogP contribution in [0.1, 0.15) is 25.0 Å². The molecule has 1 aliphatic heterocycles. The molecule has 0 aliphatic carbocycles. The maximum absolute atomic E-state index is 5.63. The van der Waals surface area contributed by atoms with Gasteiger partial charge in [0.2, 0.25) is 0 Å². The van der Waals surface area contributed by atoms with Crippen molar-refractivity contribution in [3.05, 3.63) is 36.3 Å². The standard InChI is InChI=1S/C16H24N6/c1-21-15(6-8-19-21)12-22-9-2-3-13(7-10-22)20-14-4-5-16(17)18-11-14/h4-6,8,11,13,20H,2-3,7,9-10,12H2,1H3,(H2,17,18)/t13-/m0/s1. The molecule has 1 fully saturated rings. The average Bonchev–Trinajstić information content (AvgIpc) is 2.78. The SMILES string of the molecule is Cn1nccc1CN1CCC[C@H](Nc2ccc(N)nc2)CC1. The molecular formula is C16H24N6. The van der Waals surface area contributed by atoms with Crippen molar-refractivity contribution >= 4 is 11.5 Å². The molecular weight excluding hydrogens is 276 g/mol.